The van der Waals surface area contributed by atoms with Crippen molar-refractivity contribution in [1.82, 2.24) is 0 Å². The van der Waals surface area contributed by atoms with Gasteiger partial charge < -0.3 is 10.2 Å². The zero-order valence-corrected chi connectivity index (χ0v) is 12.7. The standard InChI is InChI=1S/C15H25N3O2/c1-15(2)9-13(19)12(14(20)10-15)11-17-5-8-18-6-3-16-4-7-18/h11-12,16H,3-10H2,1-2H3/p+2. The zero-order chi connectivity index (χ0) is 14.6. The predicted molar refractivity (Wildman–Crippen MR) is 77.1 cm³/mol. The molecule has 2 rings (SSSR count). The van der Waals surface area contributed by atoms with Crippen LogP contribution in [0, 0.1) is 11.3 Å². The second kappa shape index (κ2) is 6.59. The van der Waals surface area contributed by atoms with Crippen molar-refractivity contribution in [2.24, 2.45) is 16.3 Å². The van der Waals surface area contributed by atoms with Crippen LogP contribution < -0.4 is 10.2 Å². The normalized spacial score (nSPS) is 25.5. The number of piperazine rings is 1. The number of nitrogens with one attached hydrogen (secondary N) is 1. The van der Waals surface area contributed by atoms with Gasteiger partial charge in [-0.05, 0) is 5.41 Å². The average molecular weight is 281 g/mol. The molecule has 1 heterocycles. The summed E-state index contributed by atoms with van der Waals surface area (Å²) in [6.07, 6.45) is 2.58. The third-order valence-electron chi connectivity index (χ3n) is 4.25. The summed E-state index contributed by atoms with van der Waals surface area (Å²) >= 11 is 0. The number of nitrogens with zero attached hydrogens (tertiary/aromatic N) is 1. The van der Waals surface area contributed by atoms with Gasteiger partial charge in [-0.15, -0.1) is 0 Å². The van der Waals surface area contributed by atoms with E-state index in [4.69, 9.17) is 0 Å². The highest BCUT2D eigenvalue weighted by Gasteiger charge is 2.38. The minimum atomic E-state index is -0.576. The fourth-order valence-corrected chi connectivity index (χ4v) is 3.11. The molecular formula is C15H27N3O2+2. The first-order chi connectivity index (χ1) is 9.48. The molecule has 1 aliphatic heterocycles. The lowest BCUT2D eigenvalue weighted by atomic mass is 9.72. The van der Waals surface area contributed by atoms with Crippen molar-refractivity contribution < 1.29 is 19.8 Å². The fraction of sp³-hybridized carbons (Fsp3) is 0.800. The van der Waals surface area contributed by atoms with Gasteiger partial charge in [0.05, 0.1) is 13.1 Å². The molecule has 2 aliphatic rings. The van der Waals surface area contributed by atoms with Crippen LogP contribution in [0.25, 0.3) is 0 Å². The first kappa shape index (κ1) is 15.3. The van der Waals surface area contributed by atoms with E-state index in [9.17, 15) is 9.59 Å². The number of carbonyl (C=O) groups is 2. The molecule has 0 aromatic heterocycles. The van der Waals surface area contributed by atoms with Crippen LogP contribution in [-0.2, 0) is 9.59 Å². The number of quaternary nitrogens is 2. The Hall–Kier alpha value is -1.07. The maximum absolute atomic E-state index is 12.0. The number of hydrogen-bond acceptors (Lipinski definition) is 3. The molecule has 0 unspecified atom stereocenters. The Labute approximate surface area is 120 Å². The number of Topliss-reactive ketones (excluding diaryl/α,β-unsaturated/α-hetero) is 2. The van der Waals surface area contributed by atoms with Crippen LogP contribution in [0.1, 0.15) is 26.7 Å². The highest BCUT2D eigenvalue weighted by molar-refractivity contribution is 6.16. The van der Waals surface area contributed by atoms with E-state index >= 15 is 0 Å². The summed E-state index contributed by atoms with van der Waals surface area (Å²) in [5.74, 6) is -0.502. The molecule has 0 aromatic rings. The Bertz CT molecular complexity index is 378. The molecule has 112 valence electrons. The van der Waals surface area contributed by atoms with Gasteiger partial charge in [-0.25, -0.2) is 0 Å². The second-order valence-corrected chi connectivity index (χ2v) is 6.85. The van der Waals surface area contributed by atoms with Crippen molar-refractivity contribution in [3.63, 3.8) is 0 Å². The number of hydrogen-bond donors (Lipinski definition) is 2. The molecule has 0 amide bonds. The van der Waals surface area contributed by atoms with Crippen LogP contribution in [0.2, 0.25) is 0 Å². The van der Waals surface area contributed by atoms with Gasteiger partial charge in [0.2, 0.25) is 0 Å². The van der Waals surface area contributed by atoms with Gasteiger partial charge in [-0.3, -0.25) is 14.6 Å². The average Bonchev–Trinajstić information content (AvgIpc) is 2.37. The largest absolute Gasteiger partial charge is 0.337 e. The van der Waals surface area contributed by atoms with Crippen molar-refractivity contribution in [3.8, 4) is 0 Å². The number of rotatable bonds is 4. The van der Waals surface area contributed by atoms with Crippen LogP contribution >= 0.6 is 0 Å². The fourth-order valence-electron chi connectivity index (χ4n) is 3.11. The lowest BCUT2D eigenvalue weighted by molar-refractivity contribution is -0.945. The van der Waals surface area contributed by atoms with Crippen LogP contribution in [0.3, 0.4) is 0 Å². The molecule has 1 saturated heterocycles. The topological polar surface area (TPSA) is 67.5 Å². The predicted octanol–water partition coefficient (Wildman–Crippen LogP) is -1.91. The van der Waals surface area contributed by atoms with E-state index in [1.165, 1.54) is 26.2 Å². The Morgan fingerprint density at radius 3 is 2.45 bits per heavy atom. The van der Waals surface area contributed by atoms with Crippen LogP contribution in [-0.4, -0.2) is 57.0 Å². The second-order valence-electron chi connectivity index (χ2n) is 6.85. The van der Waals surface area contributed by atoms with Crippen molar-refractivity contribution in [2.75, 3.05) is 39.3 Å². The van der Waals surface area contributed by atoms with Crippen molar-refractivity contribution in [1.29, 1.82) is 0 Å². The van der Waals surface area contributed by atoms with Gasteiger partial charge in [-0.2, -0.15) is 0 Å². The lowest BCUT2D eigenvalue weighted by Gasteiger charge is -2.30. The molecule has 1 saturated carbocycles. The molecule has 3 N–H and O–H groups in total. The summed E-state index contributed by atoms with van der Waals surface area (Å²) in [5.41, 5.74) is -0.174. The Morgan fingerprint density at radius 1 is 1.25 bits per heavy atom. The summed E-state index contributed by atoms with van der Waals surface area (Å²) in [6, 6.07) is 0. The van der Waals surface area contributed by atoms with Gasteiger partial charge in [0.25, 0.3) is 0 Å². The van der Waals surface area contributed by atoms with Crippen LogP contribution in [0.5, 0.6) is 0 Å². The van der Waals surface area contributed by atoms with Crippen molar-refractivity contribution in [3.05, 3.63) is 0 Å². The van der Waals surface area contributed by atoms with Crippen molar-refractivity contribution in [2.45, 2.75) is 26.7 Å². The number of carbonyl (C=O) groups excluding carboxylic acids is 2. The summed E-state index contributed by atoms with van der Waals surface area (Å²) in [6.45, 7) is 10.4. The molecule has 20 heavy (non-hydrogen) atoms. The third-order valence-corrected chi connectivity index (χ3v) is 4.25. The third kappa shape index (κ3) is 4.21. The highest BCUT2D eigenvalue weighted by atomic mass is 16.2. The van der Waals surface area contributed by atoms with Gasteiger partial charge in [0, 0.05) is 19.1 Å². The molecule has 0 spiro atoms. The van der Waals surface area contributed by atoms with E-state index in [1.54, 1.807) is 11.1 Å². The van der Waals surface area contributed by atoms with E-state index < -0.39 is 5.92 Å². The molecule has 0 aromatic carbocycles. The summed E-state index contributed by atoms with van der Waals surface area (Å²) in [4.78, 5) is 29.9. The minimum absolute atomic E-state index is 0.0370. The molecule has 0 bridgehead atoms. The summed E-state index contributed by atoms with van der Waals surface area (Å²) < 4.78 is 0. The Balaban J connectivity index is 1.78. The quantitative estimate of drug-likeness (QED) is 0.467. The van der Waals surface area contributed by atoms with Gasteiger partial charge >= 0.3 is 0 Å². The van der Waals surface area contributed by atoms with Gasteiger partial charge in [0.1, 0.15) is 43.7 Å². The first-order valence-corrected chi connectivity index (χ1v) is 7.68. The number of nitrogens with two attached hydrogens (primary N) is 1. The zero-order valence-electron chi connectivity index (χ0n) is 12.7. The number of aliphatic imine (C=N–C) groups is 1. The van der Waals surface area contributed by atoms with Gasteiger partial charge in [-0.1, -0.05) is 13.8 Å². The van der Waals surface area contributed by atoms with Crippen LogP contribution in [0.4, 0.5) is 0 Å². The van der Waals surface area contributed by atoms with E-state index in [0.29, 0.717) is 12.8 Å². The number of ketones is 2. The Morgan fingerprint density at radius 2 is 1.85 bits per heavy atom. The van der Waals surface area contributed by atoms with E-state index in [2.05, 4.69) is 10.3 Å². The molecular weight excluding hydrogens is 254 g/mol. The van der Waals surface area contributed by atoms with Crippen LogP contribution in [0.15, 0.2) is 4.99 Å². The molecule has 5 nitrogen and oxygen atoms in total. The Kier molecular flexibility index (Phi) is 5.05. The summed E-state index contributed by atoms with van der Waals surface area (Å²) in [5, 5.41) is 2.34. The minimum Gasteiger partial charge on any atom is -0.337 e. The SMILES string of the molecule is CC1(C)CC(=O)C(C=NCC[NH+]2CC[NH2+]CC2)C(=O)C1. The molecule has 1 aliphatic carbocycles. The lowest BCUT2D eigenvalue weighted by Crippen LogP contribution is -3.20. The highest BCUT2D eigenvalue weighted by Crippen LogP contribution is 2.33. The van der Waals surface area contributed by atoms with E-state index in [1.807, 2.05) is 13.8 Å². The monoisotopic (exact) mass is 281 g/mol. The summed E-state index contributed by atoms with van der Waals surface area (Å²) in [7, 11) is 0. The first-order valence-electron chi connectivity index (χ1n) is 7.68. The maximum Gasteiger partial charge on any atom is 0.149 e. The smallest absolute Gasteiger partial charge is 0.149 e. The molecule has 2 fully saturated rings. The van der Waals surface area contributed by atoms with Gasteiger partial charge in [0.15, 0.2) is 0 Å². The van der Waals surface area contributed by atoms with Crippen molar-refractivity contribution >= 4 is 17.8 Å². The molecule has 5 heteroatoms. The molecule has 0 radical (unpaired) electrons. The van der Waals surface area contributed by atoms with E-state index in [-0.39, 0.29) is 17.0 Å². The maximum atomic E-state index is 12.0. The van der Waals surface area contributed by atoms with E-state index in [0.717, 1.165) is 13.1 Å². The molecule has 0 atom stereocenters.